The van der Waals surface area contributed by atoms with Gasteiger partial charge in [-0.2, -0.15) is 0 Å². The number of carboxylic acid groups (broad SMARTS) is 1. The Bertz CT molecular complexity index is 701. The Labute approximate surface area is 152 Å². The highest BCUT2D eigenvalue weighted by Gasteiger charge is 2.31. The third-order valence-electron chi connectivity index (χ3n) is 5.04. The van der Waals surface area contributed by atoms with Crippen LogP contribution in [0.15, 0.2) is 24.3 Å². The molecule has 2 saturated heterocycles. The van der Waals surface area contributed by atoms with Crippen LogP contribution in [0, 0.1) is 11.7 Å². The van der Waals surface area contributed by atoms with Crippen molar-refractivity contribution >= 4 is 23.8 Å². The zero-order chi connectivity index (χ0) is 18.5. The molecule has 0 aromatic heterocycles. The van der Waals surface area contributed by atoms with Crippen molar-refractivity contribution in [3.63, 3.8) is 0 Å². The van der Waals surface area contributed by atoms with E-state index in [-0.39, 0.29) is 11.7 Å². The highest BCUT2D eigenvalue weighted by Crippen LogP contribution is 2.26. The van der Waals surface area contributed by atoms with E-state index < -0.39 is 11.8 Å². The monoisotopic (exact) mass is 361 g/mol. The number of urea groups is 1. The number of rotatable bonds is 6. The van der Waals surface area contributed by atoms with Gasteiger partial charge in [-0.1, -0.05) is 6.07 Å². The van der Waals surface area contributed by atoms with Gasteiger partial charge in [-0.05, 0) is 62.0 Å². The molecule has 0 radical (unpaired) electrons. The molecule has 1 aromatic rings. The Kier molecular flexibility index (Phi) is 5.88. The summed E-state index contributed by atoms with van der Waals surface area (Å²) in [6.07, 6.45) is 5.56. The van der Waals surface area contributed by atoms with Crippen LogP contribution in [0.1, 0.15) is 24.8 Å². The molecular weight excluding hydrogens is 337 g/mol. The van der Waals surface area contributed by atoms with E-state index in [1.54, 1.807) is 11.0 Å². The van der Waals surface area contributed by atoms with Gasteiger partial charge in [0.05, 0.1) is 5.69 Å². The molecule has 2 heterocycles. The van der Waals surface area contributed by atoms with Crippen molar-refractivity contribution in [2.24, 2.45) is 5.92 Å². The Balaban J connectivity index is 1.61. The number of carbonyl (C=O) groups excluding carboxylic acids is 1. The van der Waals surface area contributed by atoms with Gasteiger partial charge in [0.2, 0.25) is 0 Å². The van der Waals surface area contributed by atoms with Gasteiger partial charge < -0.3 is 15.3 Å². The SMILES string of the molecule is O=C(O)C=Cc1ccc(N2CCN(CCC3CCNCC3)C2=O)c(F)c1. The molecule has 2 aliphatic rings. The topological polar surface area (TPSA) is 72.9 Å². The van der Waals surface area contributed by atoms with Crippen LogP contribution in [0.3, 0.4) is 0 Å². The lowest BCUT2D eigenvalue weighted by atomic mass is 9.94. The van der Waals surface area contributed by atoms with E-state index in [2.05, 4.69) is 5.32 Å². The molecule has 0 bridgehead atoms. The van der Waals surface area contributed by atoms with Gasteiger partial charge in [0.15, 0.2) is 0 Å². The fourth-order valence-electron chi connectivity index (χ4n) is 3.54. The fraction of sp³-hybridized carbons (Fsp3) is 0.474. The van der Waals surface area contributed by atoms with Crippen LogP contribution in [0.4, 0.5) is 14.9 Å². The number of carboxylic acids is 1. The number of piperidine rings is 1. The average Bonchev–Trinajstić information content (AvgIpc) is 3.00. The Hall–Kier alpha value is -2.41. The van der Waals surface area contributed by atoms with Crippen LogP contribution >= 0.6 is 0 Å². The quantitative estimate of drug-likeness (QED) is 0.764. The van der Waals surface area contributed by atoms with Gasteiger partial charge in [-0.25, -0.2) is 14.0 Å². The molecule has 26 heavy (non-hydrogen) atoms. The zero-order valence-corrected chi connectivity index (χ0v) is 14.7. The molecule has 2 aliphatic heterocycles. The second-order valence-electron chi connectivity index (χ2n) is 6.79. The highest BCUT2D eigenvalue weighted by molar-refractivity contribution is 5.94. The molecule has 6 nitrogen and oxygen atoms in total. The fourth-order valence-corrected chi connectivity index (χ4v) is 3.54. The molecule has 7 heteroatoms. The summed E-state index contributed by atoms with van der Waals surface area (Å²) >= 11 is 0. The normalized spacial score (nSPS) is 18.9. The van der Waals surface area contributed by atoms with Gasteiger partial charge in [-0.3, -0.25) is 4.90 Å². The number of halogens is 1. The van der Waals surface area contributed by atoms with Crippen LogP contribution in [0.5, 0.6) is 0 Å². The van der Waals surface area contributed by atoms with Crippen LogP contribution in [0.2, 0.25) is 0 Å². The lowest BCUT2D eigenvalue weighted by molar-refractivity contribution is -0.131. The van der Waals surface area contributed by atoms with Gasteiger partial charge in [0, 0.05) is 25.7 Å². The highest BCUT2D eigenvalue weighted by atomic mass is 19.1. The minimum absolute atomic E-state index is 0.160. The minimum atomic E-state index is -1.09. The smallest absolute Gasteiger partial charge is 0.328 e. The molecule has 140 valence electrons. The number of benzene rings is 1. The first kappa shape index (κ1) is 18.4. The van der Waals surface area contributed by atoms with E-state index in [9.17, 15) is 14.0 Å². The summed E-state index contributed by atoms with van der Waals surface area (Å²) in [4.78, 5) is 26.4. The summed E-state index contributed by atoms with van der Waals surface area (Å²) in [6, 6.07) is 4.24. The number of aliphatic carboxylic acids is 1. The maximum absolute atomic E-state index is 14.4. The van der Waals surface area contributed by atoms with Crippen LogP contribution in [0.25, 0.3) is 6.08 Å². The van der Waals surface area contributed by atoms with Gasteiger partial charge in [0.25, 0.3) is 0 Å². The molecule has 2 amide bonds. The number of amides is 2. The predicted molar refractivity (Wildman–Crippen MR) is 97.6 cm³/mol. The molecule has 0 aliphatic carbocycles. The van der Waals surface area contributed by atoms with Gasteiger partial charge in [-0.15, -0.1) is 0 Å². The third kappa shape index (κ3) is 4.40. The first-order valence-corrected chi connectivity index (χ1v) is 9.02. The first-order chi connectivity index (χ1) is 12.5. The van der Waals surface area contributed by atoms with E-state index >= 15 is 0 Å². The molecule has 0 unspecified atom stereocenters. The molecule has 1 aromatic carbocycles. The second-order valence-corrected chi connectivity index (χ2v) is 6.79. The number of anilines is 1. The molecule has 2 N–H and O–H groups in total. The van der Waals surface area contributed by atoms with E-state index in [1.165, 1.54) is 23.1 Å². The Morgan fingerprint density at radius 2 is 2.08 bits per heavy atom. The molecule has 0 saturated carbocycles. The number of hydrogen-bond donors (Lipinski definition) is 2. The van der Waals surface area contributed by atoms with Crippen LogP contribution in [-0.2, 0) is 4.79 Å². The maximum atomic E-state index is 14.4. The molecular formula is C19H24FN3O3. The van der Waals surface area contributed by atoms with Crippen molar-refractivity contribution < 1.29 is 19.1 Å². The van der Waals surface area contributed by atoms with Crippen molar-refractivity contribution in [1.29, 1.82) is 0 Å². The van der Waals surface area contributed by atoms with Gasteiger partial charge >= 0.3 is 12.0 Å². The summed E-state index contributed by atoms with van der Waals surface area (Å²) in [6.45, 7) is 3.86. The standard InChI is InChI=1S/C19H24FN3O3/c20-16-13-15(2-4-18(24)25)1-3-17(16)23-12-11-22(19(23)26)10-7-14-5-8-21-9-6-14/h1-4,13-14,21H,5-12H2,(H,24,25). The largest absolute Gasteiger partial charge is 0.478 e. The van der Waals surface area contributed by atoms with Crippen molar-refractivity contribution in [2.45, 2.75) is 19.3 Å². The van der Waals surface area contributed by atoms with Crippen molar-refractivity contribution in [1.82, 2.24) is 10.2 Å². The summed E-state index contributed by atoms with van der Waals surface area (Å²) in [5, 5.41) is 12.0. The first-order valence-electron chi connectivity index (χ1n) is 9.02. The second kappa shape index (κ2) is 8.31. The third-order valence-corrected chi connectivity index (χ3v) is 5.04. The molecule has 3 rings (SSSR count). The van der Waals surface area contributed by atoms with E-state index in [0.717, 1.165) is 38.4 Å². The summed E-state index contributed by atoms with van der Waals surface area (Å²) < 4.78 is 14.4. The average molecular weight is 361 g/mol. The number of hydrogen-bond acceptors (Lipinski definition) is 3. The summed E-state index contributed by atoms with van der Waals surface area (Å²) in [5.74, 6) is -0.963. The van der Waals surface area contributed by atoms with Gasteiger partial charge in [0.1, 0.15) is 5.82 Å². The van der Waals surface area contributed by atoms with Crippen molar-refractivity contribution in [2.75, 3.05) is 37.6 Å². The van der Waals surface area contributed by atoms with Crippen LogP contribution in [-0.4, -0.2) is 54.7 Å². The van der Waals surface area contributed by atoms with Crippen molar-refractivity contribution in [3.8, 4) is 0 Å². The minimum Gasteiger partial charge on any atom is -0.478 e. The predicted octanol–water partition coefficient (Wildman–Crippen LogP) is 2.56. The molecule has 2 fully saturated rings. The van der Waals surface area contributed by atoms with E-state index in [1.807, 2.05) is 0 Å². The maximum Gasteiger partial charge on any atom is 0.328 e. The number of nitrogens with one attached hydrogen (secondary N) is 1. The van der Waals surface area contributed by atoms with E-state index in [0.29, 0.717) is 31.1 Å². The summed E-state index contributed by atoms with van der Waals surface area (Å²) in [7, 11) is 0. The lowest BCUT2D eigenvalue weighted by Gasteiger charge is -2.25. The van der Waals surface area contributed by atoms with E-state index in [4.69, 9.17) is 5.11 Å². The number of nitrogens with zero attached hydrogens (tertiary/aromatic N) is 2. The lowest BCUT2D eigenvalue weighted by Crippen LogP contribution is -2.35. The Morgan fingerprint density at radius 3 is 2.77 bits per heavy atom. The zero-order valence-electron chi connectivity index (χ0n) is 14.7. The molecule has 0 atom stereocenters. The number of carbonyl (C=O) groups is 2. The summed E-state index contributed by atoms with van der Waals surface area (Å²) in [5.41, 5.74) is 0.690. The van der Waals surface area contributed by atoms with Crippen LogP contribution < -0.4 is 10.2 Å². The Morgan fingerprint density at radius 1 is 1.31 bits per heavy atom. The molecule has 0 spiro atoms. The van der Waals surface area contributed by atoms with Crippen molar-refractivity contribution in [3.05, 3.63) is 35.7 Å².